The van der Waals surface area contributed by atoms with Crippen LogP contribution in [0.25, 0.3) is 5.57 Å². The Bertz CT molecular complexity index is 352. The predicted octanol–water partition coefficient (Wildman–Crippen LogP) is 3.74. The van der Waals surface area contributed by atoms with Gasteiger partial charge in [-0.25, -0.2) is 4.79 Å². The summed E-state index contributed by atoms with van der Waals surface area (Å²) >= 11 is 1.45. The summed E-state index contributed by atoms with van der Waals surface area (Å²) in [6, 6.07) is 3.73. The van der Waals surface area contributed by atoms with Gasteiger partial charge >= 0.3 is 5.97 Å². The van der Waals surface area contributed by atoms with E-state index in [1.807, 2.05) is 6.07 Å². The number of thiophene rings is 1. The average Bonchev–Trinajstić information content (AvgIpc) is 2.74. The molecule has 0 aliphatic carbocycles. The summed E-state index contributed by atoms with van der Waals surface area (Å²) < 4.78 is 4.65. The van der Waals surface area contributed by atoms with Crippen molar-refractivity contribution in [2.75, 3.05) is 7.11 Å². The lowest BCUT2D eigenvalue weighted by molar-refractivity contribution is 0.0606. The highest BCUT2D eigenvalue weighted by molar-refractivity contribution is 7.15. The van der Waals surface area contributed by atoms with Gasteiger partial charge in [0, 0.05) is 4.88 Å². The molecule has 1 aromatic heterocycles. The van der Waals surface area contributed by atoms with Gasteiger partial charge in [-0.2, -0.15) is 0 Å². The molecule has 0 spiro atoms. The lowest BCUT2D eigenvalue weighted by Gasteiger charge is -2.00. The molecule has 0 aromatic carbocycles. The van der Waals surface area contributed by atoms with Crippen LogP contribution in [0.1, 0.15) is 40.7 Å². The van der Waals surface area contributed by atoms with Gasteiger partial charge in [-0.15, -0.1) is 11.3 Å². The van der Waals surface area contributed by atoms with Gasteiger partial charge in [-0.05, 0) is 30.5 Å². The number of ether oxygens (including phenoxy) is 1. The van der Waals surface area contributed by atoms with Crippen molar-refractivity contribution in [3.63, 3.8) is 0 Å². The molecule has 0 unspecified atom stereocenters. The summed E-state index contributed by atoms with van der Waals surface area (Å²) in [5, 5.41) is 0. The second-order valence-electron chi connectivity index (χ2n) is 3.36. The van der Waals surface area contributed by atoms with Gasteiger partial charge < -0.3 is 4.74 Å². The molecule has 0 fully saturated rings. The molecule has 0 saturated heterocycles. The van der Waals surface area contributed by atoms with Crippen LogP contribution < -0.4 is 0 Å². The summed E-state index contributed by atoms with van der Waals surface area (Å²) in [5.41, 5.74) is 1.11. The maximum atomic E-state index is 11.2. The SMILES string of the molecule is C=C(CCCC)c1ccc(C(=O)OC)s1. The maximum Gasteiger partial charge on any atom is 0.348 e. The summed E-state index contributed by atoms with van der Waals surface area (Å²) in [4.78, 5) is 13.0. The number of carbonyl (C=O) groups excluding carboxylic acids is 1. The predicted molar refractivity (Wildman–Crippen MR) is 64.2 cm³/mol. The Kier molecular flexibility index (Phi) is 4.56. The van der Waals surface area contributed by atoms with E-state index in [1.165, 1.54) is 18.4 Å². The summed E-state index contributed by atoms with van der Waals surface area (Å²) in [5.74, 6) is -0.269. The summed E-state index contributed by atoms with van der Waals surface area (Å²) in [7, 11) is 1.40. The van der Waals surface area contributed by atoms with Crippen molar-refractivity contribution in [3.05, 3.63) is 28.5 Å². The number of rotatable bonds is 5. The maximum absolute atomic E-state index is 11.2. The van der Waals surface area contributed by atoms with Crippen LogP contribution in [0, 0.1) is 0 Å². The average molecular weight is 224 g/mol. The first-order chi connectivity index (χ1) is 7.19. The van der Waals surface area contributed by atoms with Gasteiger partial charge in [0.1, 0.15) is 4.88 Å². The molecule has 0 aliphatic heterocycles. The smallest absolute Gasteiger partial charge is 0.348 e. The zero-order valence-electron chi connectivity index (χ0n) is 9.21. The van der Waals surface area contributed by atoms with Crippen LogP contribution in [0.4, 0.5) is 0 Å². The molecule has 82 valence electrons. The largest absolute Gasteiger partial charge is 0.465 e. The number of carbonyl (C=O) groups is 1. The zero-order valence-corrected chi connectivity index (χ0v) is 10.0. The van der Waals surface area contributed by atoms with E-state index in [-0.39, 0.29) is 5.97 Å². The van der Waals surface area contributed by atoms with Crippen molar-refractivity contribution in [1.29, 1.82) is 0 Å². The highest BCUT2D eigenvalue weighted by atomic mass is 32.1. The molecule has 0 N–H and O–H groups in total. The fourth-order valence-corrected chi connectivity index (χ4v) is 2.17. The Morgan fingerprint density at radius 2 is 2.13 bits per heavy atom. The number of hydrogen-bond acceptors (Lipinski definition) is 3. The van der Waals surface area contributed by atoms with Gasteiger partial charge in [0.25, 0.3) is 0 Å². The van der Waals surface area contributed by atoms with Crippen molar-refractivity contribution >= 4 is 22.9 Å². The quantitative estimate of drug-likeness (QED) is 0.712. The highest BCUT2D eigenvalue weighted by Gasteiger charge is 2.10. The van der Waals surface area contributed by atoms with Crippen LogP contribution >= 0.6 is 11.3 Å². The molecule has 1 rings (SSSR count). The third kappa shape index (κ3) is 3.20. The number of allylic oxidation sites excluding steroid dienone is 1. The van der Waals surface area contributed by atoms with Crippen LogP contribution in [0.15, 0.2) is 18.7 Å². The standard InChI is InChI=1S/C12H16O2S/c1-4-5-6-9(2)10-7-8-11(15-10)12(13)14-3/h7-8H,2,4-6H2,1,3H3. The molecule has 15 heavy (non-hydrogen) atoms. The number of hydrogen-bond donors (Lipinski definition) is 0. The zero-order chi connectivity index (χ0) is 11.3. The molecular weight excluding hydrogens is 208 g/mol. The van der Waals surface area contributed by atoms with Crippen molar-refractivity contribution in [2.45, 2.75) is 26.2 Å². The molecular formula is C12H16O2S. The van der Waals surface area contributed by atoms with E-state index < -0.39 is 0 Å². The molecule has 0 aliphatic rings. The van der Waals surface area contributed by atoms with Crippen LogP contribution in [0.5, 0.6) is 0 Å². The van der Waals surface area contributed by atoms with Crippen molar-refractivity contribution in [3.8, 4) is 0 Å². The van der Waals surface area contributed by atoms with Crippen LogP contribution in [0.3, 0.4) is 0 Å². The Balaban J connectivity index is 2.67. The Labute approximate surface area is 94.6 Å². The Hall–Kier alpha value is -1.09. The van der Waals surface area contributed by atoms with Crippen molar-refractivity contribution < 1.29 is 9.53 Å². The minimum Gasteiger partial charge on any atom is -0.465 e. The molecule has 0 radical (unpaired) electrons. The monoisotopic (exact) mass is 224 g/mol. The second-order valence-corrected chi connectivity index (χ2v) is 4.45. The first-order valence-corrected chi connectivity index (χ1v) is 5.87. The molecule has 1 heterocycles. The van der Waals surface area contributed by atoms with Crippen molar-refractivity contribution in [1.82, 2.24) is 0 Å². The van der Waals surface area contributed by atoms with E-state index in [0.29, 0.717) is 4.88 Å². The molecule has 3 heteroatoms. The van der Waals surface area contributed by atoms with Gasteiger partial charge in [0.05, 0.1) is 7.11 Å². The van der Waals surface area contributed by atoms with Crippen LogP contribution in [0.2, 0.25) is 0 Å². The Morgan fingerprint density at radius 1 is 1.47 bits per heavy atom. The summed E-state index contributed by atoms with van der Waals surface area (Å²) in [6.45, 7) is 6.17. The fraction of sp³-hybridized carbons (Fsp3) is 0.417. The third-order valence-electron chi connectivity index (χ3n) is 2.17. The van der Waals surface area contributed by atoms with E-state index in [1.54, 1.807) is 6.07 Å². The topological polar surface area (TPSA) is 26.3 Å². The minimum absolute atomic E-state index is 0.269. The van der Waals surface area contributed by atoms with E-state index in [2.05, 4.69) is 18.2 Å². The van der Waals surface area contributed by atoms with E-state index in [0.717, 1.165) is 29.7 Å². The first-order valence-electron chi connectivity index (χ1n) is 5.05. The van der Waals surface area contributed by atoms with E-state index >= 15 is 0 Å². The Morgan fingerprint density at radius 3 is 2.73 bits per heavy atom. The minimum atomic E-state index is -0.269. The highest BCUT2D eigenvalue weighted by Crippen LogP contribution is 2.26. The lowest BCUT2D eigenvalue weighted by Crippen LogP contribution is -1.96. The first kappa shape index (κ1) is 12.0. The molecule has 0 atom stereocenters. The second kappa shape index (κ2) is 5.71. The number of unbranched alkanes of at least 4 members (excludes halogenated alkanes) is 1. The third-order valence-corrected chi connectivity index (χ3v) is 3.34. The molecule has 1 aromatic rings. The lowest BCUT2D eigenvalue weighted by atomic mass is 10.1. The molecule has 2 nitrogen and oxygen atoms in total. The molecule has 0 bridgehead atoms. The number of methoxy groups -OCH3 is 1. The molecule has 0 saturated carbocycles. The van der Waals surface area contributed by atoms with E-state index in [9.17, 15) is 4.79 Å². The van der Waals surface area contributed by atoms with Gasteiger partial charge in [-0.3, -0.25) is 0 Å². The normalized spacial score (nSPS) is 10.0. The van der Waals surface area contributed by atoms with Gasteiger partial charge in [0.2, 0.25) is 0 Å². The fourth-order valence-electron chi connectivity index (χ4n) is 1.25. The van der Waals surface area contributed by atoms with Gasteiger partial charge in [0.15, 0.2) is 0 Å². The van der Waals surface area contributed by atoms with E-state index in [4.69, 9.17) is 0 Å². The van der Waals surface area contributed by atoms with Gasteiger partial charge in [-0.1, -0.05) is 19.9 Å². The molecule has 0 amide bonds. The van der Waals surface area contributed by atoms with Crippen molar-refractivity contribution in [2.24, 2.45) is 0 Å². The van der Waals surface area contributed by atoms with Crippen LogP contribution in [-0.4, -0.2) is 13.1 Å². The summed E-state index contributed by atoms with van der Waals surface area (Å²) in [6.07, 6.45) is 3.30. The van der Waals surface area contributed by atoms with Crippen LogP contribution in [-0.2, 0) is 4.74 Å². The number of esters is 1.